The van der Waals surface area contributed by atoms with Crippen molar-refractivity contribution in [3.05, 3.63) is 77.9 Å². The van der Waals surface area contributed by atoms with Gasteiger partial charge in [0, 0.05) is 44.6 Å². The van der Waals surface area contributed by atoms with Crippen molar-refractivity contribution < 1.29 is 9.59 Å². The molecule has 0 aliphatic rings. The van der Waals surface area contributed by atoms with Gasteiger partial charge in [-0.25, -0.2) is 0 Å². The van der Waals surface area contributed by atoms with Gasteiger partial charge >= 0.3 is 0 Å². The Morgan fingerprint density at radius 1 is 0.947 bits per heavy atom. The van der Waals surface area contributed by atoms with Gasteiger partial charge in [-0.2, -0.15) is 0 Å². The third kappa shape index (κ3) is 11.2. The Bertz CT molecular complexity index is 1070. The lowest BCUT2D eigenvalue weighted by Crippen LogP contribution is -2.38. The van der Waals surface area contributed by atoms with Crippen LogP contribution in [0.25, 0.3) is 0 Å². The highest BCUT2D eigenvalue weighted by atomic mass is 16.2. The second kappa shape index (κ2) is 17.0. The van der Waals surface area contributed by atoms with Crippen LogP contribution in [0.15, 0.2) is 61.1 Å². The molecule has 3 rings (SSSR count). The normalized spacial score (nSPS) is 10.9. The van der Waals surface area contributed by atoms with Crippen molar-refractivity contribution in [2.45, 2.75) is 64.5 Å². The number of rotatable bonds is 18. The zero-order chi connectivity index (χ0) is 26.8. The number of carbonyl (C=O) groups excluding carboxylic acids is 2. The van der Waals surface area contributed by atoms with Crippen LogP contribution >= 0.6 is 0 Å². The second-order valence-electron chi connectivity index (χ2n) is 9.53. The summed E-state index contributed by atoms with van der Waals surface area (Å²) >= 11 is 0. The van der Waals surface area contributed by atoms with Crippen molar-refractivity contribution in [3.8, 4) is 0 Å². The lowest BCUT2D eigenvalue weighted by Gasteiger charge is -2.22. The van der Waals surface area contributed by atoms with Gasteiger partial charge in [0.15, 0.2) is 0 Å². The molecule has 38 heavy (non-hydrogen) atoms. The van der Waals surface area contributed by atoms with Gasteiger partial charge in [0.1, 0.15) is 0 Å². The summed E-state index contributed by atoms with van der Waals surface area (Å²) in [5.41, 5.74) is 3.23. The van der Waals surface area contributed by atoms with Crippen LogP contribution < -0.4 is 10.6 Å². The molecule has 2 N–H and O–H groups in total. The van der Waals surface area contributed by atoms with Crippen LogP contribution in [0.2, 0.25) is 0 Å². The number of nitrogens with zero attached hydrogens (tertiary/aromatic N) is 5. The Hall–Kier alpha value is -3.59. The molecule has 2 amide bonds. The van der Waals surface area contributed by atoms with Crippen LogP contribution in [-0.4, -0.2) is 63.4 Å². The van der Waals surface area contributed by atoms with E-state index in [1.807, 2.05) is 64.4 Å². The summed E-state index contributed by atoms with van der Waals surface area (Å²) in [6.07, 6.45) is 13.1. The molecule has 2 aromatic heterocycles. The number of hydrogen-bond acceptors (Lipinski definition) is 6. The zero-order valence-electron chi connectivity index (χ0n) is 22.5. The standard InChI is InChI=1S/C29H41N7O2/c1-30-22-29(38)35(23-26-11-6-5-7-12-26)19-20-36-24-27(33-34-36)14-8-3-2-4-9-15-28(37)32-18-16-25-13-10-17-31-21-25/h5-7,10-13,17,21,24,30H,2-4,8-9,14-16,18-20,22-23H2,1H3,(H,32,37). The van der Waals surface area contributed by atoms with Crippen molar-refractivity contribution in [1.82, 2.24) is 35.5 Å². The van der Waals surface area contributed by atoms with E-state index in [-0.39, 0.29) is 11.8 Å². The van der Waals surface area contributed by atoms with Crippen molar-refractivity contribution in [1.29, 1.82) is 0 Å². The van der Waals surface area contributed by atoms with E-state index in [1.54, 1.807) is 13.2 Å². The smallest absolute Gasteiger partial charge is 0.236 e. The summed E-state index contributed by atoms with van der Waals surface area (Å²) in [6.45, 7) is 2.74. The Labute approximate surface area is 226 Å². The first kappa shape index (κ1) is 29.0. The largest absolute Gasteiger partial charge is 0.356 e. The third-order valence-corrected chi connectivity index (χ3v) is 6.38. The number of carbonyl (C=O) groups is 2. The van der Waals surface area contributed by atoms with Crippen LogP contribution in [0.1, 0.15) is 55.3 Å². The Balaban J connectivity index is 1.26. The average molecular weight is 520 g/mol. The molecule has 0 bridgehead atoms. The number of unbranched alkanes of at least 4 members (excludes halogenated alkanes) is 4. The SMILES string of the molecule is CNCC(=O)N(CCn1cc(CCCCCCCC(=O)NCCc2cccnc2)nn1)Cc1ccccc1. The van der Waals surface area contributed by atoms with Crippen LogP contribution in [0.3, 0.4) is 0 Å². The molecule has 2 heterocycles. The minimum Gasteiger partial charge on any atom is -0.356 e. The molecule has 0 aliphatic heterocycles. The predicted molar refractivity (Wildman–Crippen MR) is 148 cm³/mol. The summed E-state index contributed by atoms with van der Waals surface area (Å²) in [6, 6.07) is 14.0. The fourth-order valence-corrected chi connectivity index (χ4v) is 4.25. The highest BCUT2D eigenvalue weighted by Crippen LogP contribution is 2.09. The van der Waals surface area contributed by atoms with Crippen LogP contribution in [0.5, 0.6) is 0 Å². The molecule has 9 heteroatoms. The van der Waals surface area contributed by atoms with E-state index in [4.69, 9.17) is 0 Å². The summed E-state index contributed by atoms with van der Waals surface area (Å²) in [4.78, 5) is 30.5. The Morgan fingerprint density at radius 3 is 2.53 bits per heavy atom. The quantitative estimate of drug-likeness (QED) is 0.250. The molecule has 1 aromatic carbocycles. The van der Waals surface area contributed by atoms with E-state index in [0.717, 1.165) is 61.8 Å². The van der Waals surface area contributed by atoms with Crippen molar-refractivity contribution in [2.75, 3.05) is 26.7 Å². The van der Waals surface area contributed by atoms with E-state index in [0.29, 0.717) is 39.1 Å². The molecular weight excluding hydrogens is 478 g/mol. The zero-order valence-corrected chi connectivity index (χ0v) is 22.5. The van der Waals surface area contributed by atoms with E-state index in [9.17, 15) is 9.59 Å². The Kier molecular flexibility index (Phi) is 13.0. The van der Waals surface area contributed by atoms with Crippen molar-refractivity contribution in [2.24, 2.45) is 0 Å². The minimum absolute atomic E-state index is 0.0684. The molecule has 0 saturated heterocycles. The fraction of sp³-hybridized carbons (Fsp3) is 0.483. The monoisotopic (exact) mass is 519 g/mol. The third-order valence-electron chi connectivity index (χ3n) is 6.38. The molecule has 0 spiro atoms. The number of aromatic nitrogens is 4. The number of hydrogen-bond donors (Lipinski definition) is 2. The number of pyridine rings is 1. The summed E-state index contributed by atoms with van der Waals surface area (Å²) < 4.78 is 1.83. The highest BCUT2D eigenvalue weighted by Gasteiger charge is 2.14. The maximum Gasteiger partial charge on any atom is 0.236 e. The van der Waals surface area contributed by atoms with Crippen molar-refractivity contribution >= 4 is 11.8 Å². The first-order valence-corrected chi connectivity index (χ1v) is 13.6. The molecule has 0 radical (unpaired) electrons. The predicted octanol–water partition coefficient (Wildman–Crippen LogP) is 3.16. The minimum atomic E-state index is 0.0684. The van der Waals surface area contributed by atoms with Gasteiger partial charge in [0.05, 0.1) is 18.8 Å². The molecule has 0 unspecified atom stereocenters. The van der Waals surface area contributed by atoms with Crippen LogP contribution in [-0.2, 0) is 35.5 Å². The second-order valence-corrected chi connectivity index (χ2v) is 9.53. The highest BCUT2D eigenvalue weighted by molar-refractivity contribution is 5.78. The van der Waals surface area contributed by atoms with Crippen molar-refractivity contribution in [3.63, 3.8) is 0 Å². The molecule has 0 fully saturated rings. The maximum absolute atomic E-state index is 12.6. The fourth-order valence-electron chi connectivity index (χ4n) is 4.25. The van der Waals surface area contributed by atoms with E-state index in [1.165, 1.54) is 0 Å². The molecule has 0 saturated carbocycles. The molecule has 9 nitrogen and oxygen atoms in total. The summed E-state index contributed by atoms with van der Waals surface area (Å²) in [5.74, 6) is 0.194. The van der Waals surface area contributed by atoms with Crippen LogP contribution in [0.4, 0.5) is 0 Å². The van der Waals surface area contributed by atoms with Gasteiger partial charge in [-0.3, -0.25) is 19.3 Å². The number of nitrogens with one attached hydrogen (secondary N) is 2. The van der Waals surface area contributed by atoms with E-state index >= 15 is 0 Å². The number of likely N-dealkylation sites (N-methyl/N-ethyl adjacent to an activating group) is 1. The lowest BCUT2D eigenvalue weighted by molar-refractivity contribution is -0.131. The first-order chi connectivity index (χ1) is 18.6. The van der Waals surface area contributed by atoms with Gasteiger partial charge in [0.2, 0.25) is 11.8 Å². The van der Waals surface area contributed by atoms with Crippen LogP contribution in [0, 0.1) is 0 Å². The maximum atomic E-state index is 12.6. The summed E-state index contributed by atoms with van der Waals surface area (Å²) in [5, 5.41) is 14.5. The van der Waals surface area contributed by atoms with Gasteiger partial charge in [-0.05, 0) is 49.9 Å². The molecule has 3 aromatic rings. The van der Waals surface area contributed by atoms with E-state index < -0.39 is 0 Å². The number of aryl methyl sites for hydroxylation is 1. The molecular formula is C29H41N7O2. The lowest BCUT2D eigenvalue weighted by atomic mass is 10.1. The molecule has 0 aliphatic carbocycles. The number of amides is 2. The van der Waals surface area contributed by atoms with Gasteiger partial charge < -0.3 is 15.5 Å². The van der Waals surface area contributed by atoms with Gasteiger partial charge in [0.25, 0.3) is 0 Å². The van der Waals surface area contributed by atoms with Gasteiger partial charge in [-0.15, -0.1) is 5.10 Å². The molecule has 204 valence electrons. The van der Waals surface area contributed by atoms with E-state index in [2.05, 4.69) is 25.9 Å². The van der Waals surface area contributed by atoms with Gasteiger partial charge in [-0.1, -0.05) is 60.9 Å². The number of benzene rings is 1. The molecule has 0 atom stereocenters. The topological polar surface area (TPSA) is 105 Å². The Morgan fingerprint density at radius 2 is 1.74 bits per heavy atom. The first-order valence-electron chi connectivity index (χ1n) is 13.6. The average Bonchev–Trinajstić information content (AvgIpc) is 3.39. The summed E-state index contributed by atoms with van der Waals surface area (Å²) in [7, 11) is 1.78.